The first-order valence-corrected chi connectivity index (χ1v) is 7.25. The molecule has 0 saturated heterocycles. The zero-order valence-corrected chi connectivity index (χ0v) is 13.4. The standard InChI is InChI=1S/C12H9ClF5NO4S/c1-3(2)24-6-4(9(20)21)7(11(13,14)15)19-8(12(16,17)18)5(6)10(22)23/h3H,1-2H3,(H,20,21)(H,22,23)/p-2. The molecule has 0 N–H and O–H groups in total. The minimum absolute atomic E-state index is 0.295. The largest absolute Gasteiger partial charge is 0.545 e. The summed E-state index contributed by atoms with van der Waals surface area (Å²) in [6.45, 7) is 2.74. The molecule has 0 spiro atoms. The van der Waals surface area contributed by atoms with Crippen molar-refractivity contribution in [1.82, 2.24) is 4.98 Å². The van der Waals surface area contributed by atoms with Crippen LogP contribution in [0.5, 0.6) is 0 Å². The number of pyridine rings is 1. The smallest absolute Gasteiger partial charge is 0.434 e. The molecule has 1 aromatic rings. The van der Waals surface area contributed by atoms with Gasteiger partial charge >= 0.3 is 11.6 Å². The van der Waals surface area contributed by atoms with Crippen molar-refractivity contribution in [2.75, 3.05) is 0 Å². The third-order valence-electron chi connectivity index (χ3n) is 2.45. The van der Waals surface area contributed by atoms with Crippen LogP contribution in [0.15, 0.2) is 4.90 Å². The molecular formula is C12H7ClF5NO4S-2. The van der Waals surface area contributed by atoms with Crippen molar-refractivity contribution in [2.45, 2.75) is 35.6 Å². The summed E-state index contributed by atoms with van der Waals surface area (Å²) in [5, 5.41) is 17.0. The minimum Gasteiger partial charge on any atom is -0.545 e. The predicted molar refractivity (Wildman–Crippen MR) is 68.6 cm³/mol. The number of alkyl halides is 6. The highest BCUT2D eigenvalue weighted by atomic mass is 35.5. The third kappa shape index (κ3) is 4.26. The van der Waals surface area contributed by atoms with E-state index in [1.165, 1.54) is 13.8 Å². The van der Waals surface area contributed by atoms with Gasteiger partial charge in [-0.3, -0.25) is 0 Å². The van der Waals surface area contributed by atoms with E-state index in [1.54, 1.807) is 0 Å². The number of rotatable bonds is 5. The lowest BCUT2D eigenvalue weighted by Crippen LogP contribution is -2.34. The lowest BCUT2D eigenvalue weighted by atomic mass is 10.1. The summed E-state index contributed by atoms with van der Waals surface area (Å²) in [6.07, 6.45) is -5.47. The Balaban J connectivity index is 4.10. The highest BCUT2D eigenvalue weighted by molar-refractivity contribution is 8.00. The van der Waals surface area contributed by atoms with Crippen molar-refractivity contribution in [3.05, 3.63) is 22.5 Å². The fourth-order valence-corrected chi connectivity index (χ4v) is 2.91. The molecule has 1 aromatic heterocycles. The normalized spacial score (nSPS) is 12.5. The van der Waals surface area contributed by atoms with Crippen molar-refractivity contribution in [1.29, 1.82) is 0 Å². The third-order valence-corrected chi connectivity index (χ3v) is 3.74. The Kier molecular flexibility index (Phi) is 5.71. The fraction of sp³-hybridized carbons (Fsp3) is 0.417. The molecule has 0 saturated carbocycles. The molecule has 1 heterocycles. The molecule has 0 radical (unpaired) electrons. The van der Waals surface area contributed by atoms with E-state index in [0.717, 1.165) is 0 Å². The van der Waals surface area contributed by atoms with Crippen molar-refractivity contribution in [2.24, 2.45) is 0 Å². The van der Waals surface area contributed by atoms with E-state index in [0.29, 0.717) is 11.8 Å². The molecule has 5 nitrogen and oxygen atoms in total. The highest BCUT2D eigenvalue weighted by Crippen LogP contribution is 2.43. The molecule has 0 aliphatic heterocycles. The molecule has 1 rings (SSSR count). The average molecular weight is 392 g/mol. The van der Waals surface area contributed by atoms with E-state index >= 15 is 0 Å². The van der Waals surface area contributed by atoms with Gasteiger partial charge in [0.2, 0.25) is 0 Å². The topological polar surface area (TPSA) is 93.2 Å². The van der Waals surface area contributed by atoms with Crippen LogP contribution in [0.25, 0.3) is 0 Å². The molecule has 0 bridgehead atoms. The second-order valence-electron chi connectivity index (χ2n) is 4.63. The summed E-state index contributed by atoms with van der Waals surface area (Å²) in [5.74, 6) is -4.78. The van der Waals surface area contributed by atoms with Crippen molar-refractivity contribution in [3.63, 3.8) is 0 Å². The summed E-state index contributed by atoms with van der Waals surface area (Å²) in [5.41, 5.74) is -7.37. The highest BCUT2D eigenvalue weighted by Gasteiger charge is 2.43. The van der Waals surface area contributed by atoms with Crippen LogP contribution >= 0.6 is 23.4 Å². The molecule has 0 aromatic carbocycles. The number of halogens is 6. The zero-order valence-electron chi connectivity index (χ0n) is 11.8. The van der Waals surface area contributed by atoms with Gasteiger partial charge in [-0.15, -0.1) is 11.8 Å². The lowest BCUT2D eigenvalue weighted by Gasteiger charge is -2.25. The fourth-order valence-electron chi connectivity index (χ4n) is 1.71. The zero-order chi connectivity index (χ0) is 19.0. The number of carbonyl (C=O) groups excluding carboxylic acids is 2. The Morgan fingerprint density at radius 2 is 1.46 bits per heavy atom. The summed E-state index contributed by atoms with van der Waals surface area (Å²) in [7, 11) is 0. The second-order valence-corrected chi connectivity index (χ2v) is 6.69. The number of hydrogen-bond donors (Lipinski definition) is 0. The van der Waals surface area contributed by atoms with Crippen LogP contribution in [0, 0.1) is 0 Å². The van der Waals surface area contributed by atoms with Gasteiger partial charge in [-0.05, 0) is 11.6 Å². The Labute approximate surface area is 140 Å². The molecule has 0 fully saturated rings. The maximum Gasteiger partial charge on any atom is 0.434 e. The van der Waals surface area contributed by atoms with Gasteiger partial charge in [0.1, 0.15) is 5.69 Å². The maximum absolute atomic E-state index is 13.4. The van der Waals surface area contributed by atoms with Gasteiger partial charge in [0.15, 0.2) is 5.69 Å². The maximum atomic E-state index is 13.4. The van der Waals surface area contributed by atoms with Crippen molar-refractivity contribution < 1.29 is 41.8 Å². The quantitative estimate of drug-likeness (QED) is 0.430. The minimum atomic E-state index is -5.47. The first-order chi connectivity index (χ1) is 10.7. The van der Waals surface area contributed by atoms with Gasteiger partial charge in [0.05, 0.1) is 11.9 Å². The molecular weight excluding hydrogens is 385 g/mol. The van der Waals surface area contributed by atoms with Crippen LogP contribution in [0.1, 0.15) is 46.0 Å². The Morgan fingerprint density at radius 1 is 1.04 bits per heavy atom. The van der Waals surface area contributed by atoms with E-state index in [-0.39, 0.29) is 0 Å². The van der Waals surface area contributed by atoms with Gasteiger partial charge in [-0.2, -0.15) is 22.0 Å². The number of nitrogens with zero attached hydrogens (tertiary/aromatic N) is 1. The van der Waals surface area contributed by atoms with Crippen LogP contribution in [0.3, 0.4) is 0 Å². The number of carboxylic acid groups (broad SMARTS) is 2. The van der Waals surface area contributed by atoms with Gasteiger partial charge < -0.3 is 19.8 Å². The van der Waals surface area contributed by atoms with E-state index in [2.05, 4.69) is 16.6 Å². The summed E-state index contributed by atoms with van der Waals surface area (Å²) < 4.78 is 65.8. The second kappa shape index (κ2) is 6.71. The average Bonchev–Trinajstić information content (AvgIpc) is 2.33. The Hall–Kier alpha value is -1.62. The summed E-state index contributed by atoms with van der Waals surface area (Å²) >= 11 is 4.94. The SMILES string of the molecule is CC(C)Sc1c(C(=O)[O-])c(C(F)(F)F)nc(C(F)(F)Cl)c1C(=O)[O-]. The number of carboxylic acids is 2. The van der Waals surface area contributed by atoms with Gasteiger partial charge in [0, 0.05) is 21.3 Å². The van der Waals surface area contributed by atoms with Crippen LogP contribution in [-0.4, -0.2) is 22.2 Å². The van der Waals surface area contributed by atoms with E-state index in [4.69, 9.17) is 0 Å². The molecule has 0 aliphatic carbocycles. The monoisotopic (exact) mass is 391 g/mol. The van der Waals surface area contributed by atoms with E-state index in [1.807, 2.05) is 0 Å². The molecule has 0 atom stereocenters. The summed E-state index contributed by atoms with van der Waals surface area (Å²) in [6, 6.07) is 0. The number of aromatic carboxylic acids is 2. The van der Waals surface area contributed by atoms with Crippen LogP contribution in [0.2, 0.25) is 0 Å². The van der Waals surface area contributed by atoms with E-state index < -0.39 is 56.2 Å². The Morgan fingerprint density at radius 3 is 1.75 bits per heavy atom. The van der Waals surface area contributed by atoms with Crippen molar-refractivity contribution >= 4 is 35.3 Å². The number of aromatic nitrogens is 1. The van der Waals surface area contributed by atoms with Gasteiger partial charge in [-0.25, -0.2) is 4.98 Å². The van der Waals surface area contributed by atoms with E-state index in [9.17, 15) is 41.8 Å². The molecule has 0 amide bonds. The molecule has 12 heteroatoms. The van der Waals surface area contributed by atoms with Crippen LogP contribution < -0.4 is 10.2 Å². The molecule has 0 unspecified atom stereocenters. The lowest BCUT2D eigenvalue weighted by molar-refractivity contribution is -0.256. The number of thioether (sulfide) groups is 1. The van der Waals surface area contributed by atoms with Gasteiger partial charge in [-0.1, -0.05) is 13.8 Å². The van der Waals surface area contributed by atoms with Crippen LogP contribution in [0.4, 0.5) is 22.0 Å². The van der Waals surface area contributed by atoms with Gasteiger partial charge in [0.25, 0.3) is 0 Å². The summed E-state index contributed by atoms with van der Waals surface area (Å²) in [4.78, 5) is 23.6. The molecule has 134 valence electrons. The molecule has 0 aliphatic rings. The Bertz CT molecular complexity index is 637. The first kappa shape index (κ1) is 20.4. The van der Waals surface area contributed by atoms with Crippen LogP contribution in [-0.2, 0) is 11.6 Å². The first-order valence-electron chi connectivity index (χ1n) is 5.99. The van der Waals surface area contributed by atoms with Crippen molar-refractivity contribution in [3.8, 4) is 0 Å². The predicted octanol–water partition coefficient (Wildman–Crippen LogP) is 1.62. The number of hydrogen-bond acceptors (Lipinski definition) is 6. The number of carbonyl (C=O) groups is 2. The molecule has 24 heavy (non-hydrogen) atoms.